The summed E-state index contributed by atoms with van der Waals surface area (Å²) in [6.45, 7) is 12.0. The lowest BCUT2D eigenvalue weighted by atomic mass is 9.91. The van der Waals surface area contributed by atoms with Crippen molar-refractivity contribution in [1.29, 1.82) is 0 Å². The van der Waals surface area contributed by atoms with Gasteiger partial charge in [0.1, 0.15) is 0 Å². The van der Waals surface area contributed by atoms with Crippen molar-refractivity contribution in [2.24, 2.45) is 17.8 Å². The summed E-state index contributed by atoms with van der Waals surface area (Å²) in [5, 5.41) is 0. The van der Waals surface area contributed by atoms with Crippen LogP contribution in [-0.2, 0) is 0 Å². The Bertz CT molecular complexity index is 257. The fourth-order valence-electron chi connectivity index (χ4n) is 4.25. The largest absolute Gasteiger partial charge is 0.0654 e. The van der Waals surface area contributed by atoms with Crippen molar-refractivity contribution in [1.82, 2.24) is 0 Å². The number of hydrogen-bond acceptors (Lipinski definition) is 0. The lowest BCUT2D eigenvalue weighted by Crippen LogP contribution is -2.00. The zero-order valence-electron chi connectivity index (χ0n) is 19.5. The molecule has 0 rings (SSSR count). The van der Waals surface area contributed by atoms with Gasteiger partial charge in [0.05, 0.1) is 0 Å². The number of unbranched alkanes of at least 4 members (excludes halogenated alkanes) is 8. The molecule has 0 aromatic carbocycles. The van der Waals surface area contributed by atoms with Crippen LogP contribution in [0.15, 0.2) is 0 Å². The zero-order chi connectivity index (χ0) is 19.5. The van der Waals surface area contributed by atoms with Gasteiger partial charge in [-0.2, -0.15) is 0 Å². The van der Waals surface area contributed by atoms with Crippen molar-refractivity contribution < 1.29 is 0 Å². The molecule has 0 amide bonds. The van der Waals surface area contributed by atoms with Crippen molar-refractivity contribution in [2.75, 3.05) is 0 Å². The maximum atomic E-state index is 2.49. The van der Waals surface area contributed by atoms with Gasteiger partial charge in [0.15, 0.2) is 0 Å². The van der Waals surface area contributed by atoms with Crippen LogP contribution in [0.3, 0.4) is 0 Å². The Morgan fingerprint density at radius 2 is 0.615 bits per heavy atom. The molecule has 0 aliphatic rings. The van der Waals surface area contributed by atoms with Crippen LogP contribution in [0.25, 0.3) is 0 Å². The van der Waals surface area contributed by atoms with Crippen molar-refractivity contribution in [3.63, 3.8) is 0 Å². The number of rotatable bonds is 20. The highest BCUT2D eigenvalue weighted by Gasteiger charge is 2.06. The summed E-state index contributed by atoms with van der Waals surface area (Å²) >= 11 is 0. The minimum atomic E-state index is 0.953. The average molecular weight is 367 g/mol. The third kappa shape index (κ3) is 18.8. The molecule has 26 heavy (non-hydrogen) atoms. The van der Waals surface area contributed by atoms with Gasteiger partial charge in [-0.1, -0.05) is 150 Å². The van der Waals surface area contributed by atoms with Crippen LogP contribution in [0.2, 0.25) is 0 Å². The second-order valence-corrected chi connectivity index (χ2v) is 9.58. The van der Waals surface area contributed by atoms with Crippen molar-refractivity contribution in [2.45, 2.75) is 150 Å². The van der Waals surface area contributed by atoms with E-state index in [-0.39, 0.29) is 0 Å². The molecule has 0 fully saturated rings. The molecular formula is C26H54. The fraction of sp³-hybridized carbons (Fsp3) is 1.00. The Balaban J connectivity index is 3.39. The van der Waals surface area contributed by atoms with Crippen LogP contribution in [0.1, 0.15) is 150 Å². The van der Waals surface area contributed by atoms with E-state index in [1.807, 2.05) is 0 Å². The van der Waals surface area contributed by atoms with Crippen molar-refractivity contribution in [3.05, 3.63) is 0 Å². The minimum Gasteiger partial charge on any atom is -0.0654 e. The molecule has 0 aromatic rings. The quantitative estimate of drug-likeness (QED) is 0.188. The molecule has 158 valence electrons. The summed E-state index contributed by atoms with van der Waals surface area (Å²) in [6.07, 6.45) is 26.1. The van der Waals surface area contributed by atoms with Gasteiger partial charge in [0.25, 0.3) is 0 Å². The molecule has 0 heteroatoms. The van der Waals surface area contributed by atoms with E-state index >= 15 is 0 Å². The first-order chi connectivity index (χ1) is 12.6. The molecule has 0 radical (unpaired) electrons. The van der Waals surface area contributed by atoms with Gasteiger partial charge in [0, 0.05) is 0 Å². The van der Waals surface area contributed by atoms with Crippen LogP contribution in [-0.4, -0.2) is 0 Å². The van der Waals surface area contributed by atoms with Crippen molar-refractivity contribution >= 4 is 0 Å². The fourth-order valence-corrected chi connectivity index (χ4v) is 4.25. The molecule has 0 saturated heterocycles. The Morgan fingerprint density at radius 1 is 0.346 bits per heavy atom. The van der Waals surface area contributed by atoms with E-state index in [1.165, 1.54) is 116 Å². The highest BCUT2D eigenvalue weighted by atomic mass is 14.1. The zero-order valence-corrected chi connectivity index (χ0v) is 19.5. The molecule has 3 atom stereocenters. The summed E-state index contributed by atoms with van der Waals surface area (Å²) in [4.78, 5) is 0. The standard InChI is InChI=1S/C26H54/c1-6-8-10-13-18-24(3)20-15-12-16-21-26(5)23-17-22-25(4)19-14-11-9-7-2/h24-26H,6-23H2,1-5H3. The van der Waals surface area contributed by atoms with E-state index in [1.54, 1.807) is 0 Å². The van der Waals surface area contributed by atoms with Gasteiger partial charge >= 0.3 is 0 Å². The van der Waals surface area contributed by atoms with Gasteiger partial charge < -0.3 is 0 Å². The second-order valence-electron chi connectivity index (χ2n) is 9.58. The first-order valence-corrected chi connectivity index (χ1v) is 12.6. The van der Waals surface area contributed by atoms with Crippen LogP contribution in [0.5, 0.6) is 0 Å². The van der Waals surface area contributed by atoms with E-state index in [4.69, 9.17) is 0 Å². The van der Waals surface area contributed by atoms with Gasteiger partial charge in [-0.3, -0.25) is 0 Å². The van der Waals surface area contributed by atoms with Gasteiger partial charge in [-0.25, -0.2) is 0 Å². The lowest BCUT2D eigenvalue weighted by molar-refractivity contribution is 0.385. The monoisotopic (exact) mass is 366 g/mol. The molecule has 0 N–H and O–H groups in total. The molecular weight excluding hydrogens is 312 g/mol. The van der Waals surface area contributed by atoms with Crippen LogP contribution < -0.4 is 0 Å². The molecule has 0 heterocycles. The predicted octanol–water partition coefficient (Wildman–Crippen LogP) is 9.96. The summed E-state index contributed by atoms with van der Waals surface area (Å²) in [7, 11) is 0. The first kappa shape index (κ1) is 26.0. The van der Waals surface area contributed by atoms with E-state index in [0.29, 0.717) is 0 Å². The highest BCUT2D eigenvalue weighted by Crippen LogP contribution is 2.22. The maximum absolute atomic E-state index is 2.49. The normalized spacial score (nSPS) is 15.1. The Hall–Kier alpha value is 0. The van der Waals surface area contributed by atoms with E-state index in [2.05, 4.69) is 34.6 Å². The minimum absolute atomic E-state index is 0.953. The molecule has 0 aliphatic heterocycles. The van der Waals surface area contributed by atoms with E-state index in [9.17, 15) is 0 Å². The maximum Gasteiger partial charge on any atom is -0.0443 e. The van der Waals surface area contributed by atoms with Crippen LogP contribution in [0, 0.1) is 17.8 Å². The summed E-state index contributed by atoms with van der Waals surface area (Å²) in [5.74, 6) is 2.87. The third-order valence-electron chi connectivity index (χ3n) is 6.39. The smallest absolute Gasteiger partial charge is 0.0443 e. The third-order valence-corrected chi connectivity index (χ3v) is 6.39. The Kier molecular flexibility index (Phi) is 19.8. The van der Waals surface area contributed by atoms with Gasteiger partial charge in [-0.05, 0) is 17.8 Å². The first-order valence-electron chi connectivity index (χ1n) is 12.6. The summed E-state index contributed by atoms with van der Waals surface area (Å²) < 4.78 is 0. The average Bonchev–Trinajstić information content (AvgIpc) is 2.62. The van der Waals surface area contributed by atoms with Crippen molar-refractivity contribution in [3.8, 4) is 0 Å². The SMILES string of the molecule is CCCCCCC(C)CCCCCC(C)CCCC(C)CCCCCC. The molecule has 3 unspecified atom stereocenters. The van der Waals surface area contributed by atoms with Gasteiger partial charge in [-0.15, -0.1) is 0 Å². The van der Waals surface area contributed by atoms with E-state index < -0.39 is 0 Å². The van der Waals surface area contributed by atoms with E-state index in [0.717, 1.165) is 17.8 Å². The second kappa shape index (κ2) is 19.8. The highest BCUT2D eigenvalue weighted by molar-refractivity contribution is 4.60. The Labute approximate surface area is 168 Å². The predicted molar refractivity (Wildman–Crippen MR) is 122 cm³/mol. The molecule has 0 aromatic heterocycles. The molecule has 0 saturated carbocycles. The van der Waals surface area contributed by atoms with Crippen LogP contribution >= 0.6 is 0 Å². The van der Waals surface area contributed by atoms with Crippen LogP contribution in [0.4, 0.5) is 0 Å². The molecule has 0 aliphatic carbocycles. The topological polar surface area (TPSA) is 0 Å². The molecule has 0 bridgehead atoms. The summed E-state index contributed by atoms with van der Waals surface area (Å²) in [5.41, 5.74) is 0. The molecule has 0 spiro atoms. The van der Waals surface area contributed by atoms with Gasteiger partial charge in [0.2, 0.25) is 0 Å². The number of hydrogen-bond donors (Lipinski definition) is 0. The molecule has 0 nitrogen and oxygen atoms in total. The Morgan fingerprint density at radius 3 is 0.923 bits per heavy atom. The summed E-state index contributed by atoms with van der Waals surface area (Å²) in [6, 6.07) is 0. The lowest BCUT2D eigenvalue weighted by Gasteiger charge is -2.15.